The van der Waals surface area contributed by atoms with Gasteiger partial charge < -0.3 is 15.2 Å². The molecule has 2 N–H and O–H groups in total. The molecule has 0 aliphatic heterocycles. The van der Waals surface area contributed by atoms with Crippen molar-refractivity contribution in [1.82, 2.24) is 20.3 Å². The Hall–Kier alpha value is -1.60. The number of aromatic nitrogens is 3. The summed E-state index contributed by atoms with van der Waals surface area (Å²) in [4.78, 5) is 13.2. The molecule has 0 spiro atoms. The summed E-state index contributed by atoms with van der Waals surface area (Å²) < 4.78 is 13.4. The summed E-state index contributed by atoms with van der Waals surface area (Å²) in [5.74, 6) is 0.0191. The summed E-state index contributed by atoms with van der Waals surface area (Å²) in [7, 11) is 1.88. The van der Waals surface area contributed by atoms with Gasteiger partial charge in [-0.2, -0.15) is 4.98 Å². The summed E-state index contributed by atoms with van der Waals surface area (Å²) in [5.41, 5.74) is 1.90. The van der Waals surface area contributed by atoms with Gasteiger partial charge in [0.15, 0.2) is 16.6 Å². The number of likely N-dealkylation sites (N-methyl/N-ethyl adjacent to an activating group) is 1. The van der Waals surface area contributed by atoms with Gasteiger partial charge in [-0.1, -0.05) is 34.8 Å². The number of hydrogen-bond acceptors (Lipinski definition) is 4. The lowest BCUT2D eigenvalue weighted by molar-refractivity contribution is 0.624. The zero-order valence-electron chi connectivity index (χ0n) is 13.3. The summed E-state index contributed by atoms with van der Waals surface area (Å²) >= 11 is 17.6. The molecular formula is C16H15Cl3FN5. The van der Waals surface area contributed by atoms with E-state index in [1.807, 2.05) is 24.1 Å². The first kappa shape index (κ1) is 18.2. The van der Waals surface area contributed by atoms with E-state index in [4.69, 9.17) is 34.8 Å². The number of benzene rings is 1. The van der Waals surface area contributed by atoms with E-state index in [-0.39, 0.29) is 5.15 Å². The van der Waals surface area contributed by atoms with Gasteiger partial charge in [0.2, 0.25) is 5.95 Å². The SMILES string of the molecule is CN(CCNCc1cc(Cl)cc(Cl)c1)c1nc2nc(Cl)c(F)cc2[nH]1. The molecule has 3 aromatic rings. The first-order valence-electron chi connectivity index (χ1n) is 7.51. The smallest absolute Gasteiger partial charge is 0.205 e. The average Bonchev–Trinajstić information content (AvgIpc) is 2.94. The van der Waals surface area contributed by atoms with Crippen LogP contribution in [0.3, 0.4) is 0 Å². The lowest BCUT2D eigenvalue weighted by Crippen LogP contribution is -2.29. The summed E-state index contributed by atoms with van der Waals surface area (Å²) in [6, 6.07) is 6.72. The highest BCUT2D eigenvalue weighted by molar-refractivity contribution is 6.34. The molecule has 0 unspecified atom stereocenters. The van der Waals surface area contributed by atoms with Crippen molar-refractivity contribution in [3.05, 3.63) is 50.8 Å². The molecule has 1 aromatic carbocycles. The van der Waals surface area contributed by atoms with E-state index >= 15 is 0 Å². The Balaban J connectivity index is 1.56. The molecule has 0 aliphatic rings. The molecule has 0 saturated carbocycles. The molecule has 0 bridgehead atoms. The molecular weight excluding hydrogens is 388 g/mol. The lowest BCUT2D eigenvalue weighted by Gasteiger charge is -2.16. The van der Waals surface area contributed by atoms with Crippen molar-refractivity contribution in [2.24, 2.45) is 0 Å². The number of fused-ring (bicyclic) bond motifs is 1. The van der Waals surface area contributed by atoms with Crippen LogP contribution in [0.2, 0.25) is 15.2 Å². The number of anilines is 1. The van der Waals surface area contributed by atoms with E-state index in [0.29, 0.717) is 46.8 Å². The Bertz CT molecular complexity index is 840. The fourth-order valence-corrected chi connectivity index (χ4v) is 3.07. The number of imidazole rings is 1. The van der Waals surface area contributed by atoms with E-state index in [1.165, 1.54) is 6.07 Å². The number of rotatable bonds is 6. The monoisotopic (exact) mass is 401 g/mol. The van der Waals surface area contributed by atoms with Crippen molar-refractivity contribution in [3.63, 3.8) is 0 Å². The first-order chi connectivity index (χ1) is 11.9. The number of pyridine rings is 1. The minimum absolute atomic E-state index is 0.185. The minimum atomic E-state index is -0.575. The number of nitrogens with one attached hydrogen (secondary N) is 2. The van der Waals surface area contributed by atoms with E-state index in [0.717, 1.165) is 5.56 Å². The standard InChI is InChI=1S/C16H15Cl3FN5/c1-25(3-2-21-8-9-4-10(17)6-11(18)5-9)16-22-13-7-12(20)14(19)23-15(13)24-16/h4-7,21H,2-3,8H2,1H3,(H,22,23,24). The Morgan fingerprint density at radius 3 is 2.56 bits per heavy atom. The van der Waals surface area contributed by atoms with Crippen LogP contribution in [0.15, 0.2) is 24.3 Å². The minimum Gasteiger partial charge on any atom is -0.344 e. The maximum Gasteiger partial charge on any atom is 0.205 e. The lowest BCUT2D eigenvalue weighted by atomic mass is 10.2. The van der Waals surface area contributed by atoms with Crippen molar-refractivity contribution in [1.29, 1.82) is 0 Å². The van der Waals surface area contributed by atoms with Crippen LogP contribution in [0, 0.1) is 5.82 Å². The number of hydrogen-bond donors (Lipinski definition) is 2. The van der Waals surface area contributed by atoms with E-state index in [9.17, 15) is 4.39 Å². The maximum absolute atomic E-state index is 13.4. The number of nitrogens with zero attached hydrogens (tertiary/aromatic N) is 3. The predicted molar refractivity (Wildman–Crippen MR) is 100 cm³/mol. The third kappa shape index (κ3) is 4.52. The van der Waals surface area contributed by atoms with Crippen LogP contribution in [0.1, 0.15) is 5.56 Å². The van der Waals surface area contributed by atoms with Crippen molar-refractivity contribution in [2.75, 3.05) is 25.0 Å². The van der Waals surface area contributed by atoms with Crippen LogP contribution in [0.4, 0.5) is 10.3 Å². The summed E-state index contributed by atoms with van der Waals surface area (Å²) in [5, 5.41) is 4.35. The molecule has 0 aliphatic carbocycles. The molecule has 9 heteroatoms. The van der Waals surface area contributed by atoms with Crippen molar-refractivity contribution in [3.8, 4) is 0 Å². The number of aromatic amines is 1. The Morgan fingerprint density at radius 1 is 1.12 bits per heavy atom. The van der Waals surface area contributed by atoms with E-state index < -0.39 is 5.82 Å². The molecule has 25 heavy (non-hydrogen) atoms. The molecule has 3 rings (SSSR count). The van der Waals surface area contributed by atoms with Gasteiger partial charge in [-0.3, -0.25) is 0 Å². The van der Waals surface area contributed by atoms with Crippen LogP contribution >= 0.6 is 34.8 Å². The third-order valence-corrected chi connectivity index (χ3v) is 4.31. The Kier molecular flexibility index (Phi) is 5.64. The second-order valence-electron chi connectivity index (χ2n) is 5.57. The highest BCUT2D eigenvalue weighted by atomic mass is 35.5. The van der Waals surface area contributed by atoms with Crippen LogP contribution in [0.5, 0.6) is 0 Å². The zero-order chi connectivity index (χ0) is 18.0. The van der Waals surface area contributed by atoms with E-state index in [1.54, 1.807) is 6.07 Å². The highest BCUT2D eigenvalue weighted by Crippen LogP contribution is 2.20. The second-order valence-corrected chi connectivity index (χ2v) is 6.80. The molecule has 132 valence electrons. The number of H-pyrrole nitrogens is 1. The predicted octanol–water partition coefficient (Wildman–Crippen LogP) is 4.28. The van der Waals surface area contributed by atoms with Gasteiger partial charge in [0, 0.05) is 42.8 Å². The van der Waals surface area contributed by atoms with Gasteiger partial charge in [0.05, 0.1) is 5.52 Å². The summed E-state index contributed by atoms with van der Waals surface area (Å²) in [6.45, 7) is 2.04. The highest BCUT2D eigenvalue weighted by Gasteiger charge is 2.11. The molecule has 2 heterocycles. The average molecular weight is 403 g/mol. The van der Waals surface area contributed by atoms with Gasteiger partial charge in [0.25, 0.3) is 0 Å². The van der Waals surface area contributed by atoms with Crippen molar-refractivity contribution < 1.29 is 4.39 Å². The zero-order valence-corrected chi connectivity index (χ0v) is 15.6. The normalized spacial score (nSPS) is 11.2. The molecule has 0 radical (unpaired) electrons. The van der Waals surface area contributed by atoms with Crippen molar-refractivity contribution in [2.45, 2.75) is 6.54 Å². The van der Waals surface area contributed by atoms with Crippen molar-refractivity contribution >= 4 is 51.9 Å². The molecule has 0 fully saturated rings. The largest absolute Gasteiger partial charge is 0.344 e. The van der Waals surface area contributed by atoms with Gasteiger partial charge in [0.1, 0.15) is 0 Å². The van der Waals surface area contributed by atoms with Gasteiger partial charge >= 0.3 is 0 Å². The van der Waals surface area contributed by atoms with Gasteiger partial charge in [-0.15, -0.1) is 0 Å². The van der Waals surface area contributed by atoms with Crippen LogP contribution in [-0.2, 0) is 6.54 Å². The molecule has 0 amide bonds. The Morgan fingerprint density at radius 2 is 1.84 bits per heavy atom. The fraction of sp³-hybridized carbons (Fsp3) is 0.250. The topological polar surface area (TPSA) is 56.8 Å². The van der Waals surface area contributed by atoms with Gasteiger partial charge in [-0.25, -0.2) is 9.37 Å². The molecule has 5 nitrogen and oxygen atoms in total. The second kappa shape index (κ2) is 7.74. The number of halogens is 4. The fourth-order valence-electron chi connectivity index (χ4n) is 2.36. The van der Waals surface area contributed by atoms with Crippen LogP contribution in [0.25, 0.3) is 11.2 Å². The maximum atomic E-state index is 13.4. The third-order valence-electron chi connectivity index (χ3n) is 3.61. The quantitative estimate of drug-likeness (QED) is 0.477. The van der Waals surface area contributed by atoms with Crippen LogP contribution < -0.4 is 10.2 Å². The van der Waals surface area contributed by atoms with Crippen LogP contribution in [-0.4, -0.2) is 35.1 Å². The van der Waals surface area contributed by atoms with Gasteiger partial charge in [-0.05, 0) is 23.8 Å². The summed E-state index contributed by atoms with van der Waals surface area (Å²) in [6.07, 6.45) is 0. The molecule has 0 atom stereocenters. The Labute approximate surface area is 159 Å². The first-order valence-corrected chi connectivity index (χ1v) is 8.64. The van der Waals surface area contributed by atoms with E-state index in [2.05, 4.69) is 20.3 Å². The molecule has 2 aromatic heterocycles. The molecule has 0 saturated heterocycles.